The standard InChI is InChI=1S/C8H14O2/c1-8(2,7-9)5-4-6-10-3/h1,7H,4-6H2,2-3H3/t8-/m1/s1. The number of carbonyl (C=O) groups is 1. The maximum Gasteiger partial charge on any atom is 0.126 e. The predicted octanol–water partition coefficient (Wildman–Crippen LogP) is 1.33. The first-order valence-corrected chi connectivity index (χ1v) is 3.36. The van der Waals surface area contributed by atoms with E-state index >= 15 is 0 Å². The van der Waals surface area contributed by atoms with Crippen LogP contribution in [0.15, 0.2) is 0 Å². The fourth-order valence-electron chi connectivity index (χ4n) is 0.656. The molecule has 0 rings (SSSR count). The van der Waals surface area contributed by atoms with Crippen LogP contribution in [0.25, 0.3) is 0 Å². The van der Waals surface area contributed by atoms with E-state index < -0.39 is 5.41 Å². The molecule has 1 atom stereocenters. The van der Waals surface area contributed by atoms with Gasteiger partial charge in [0.05, 0.1) is 0 Å². The molecule has 0 N–H and O–H groups in total. The van der Waals surface area contributed by atoms with E-state index in [4.69, 9.17) is 11.7 Å². The summed E-state index contributed by atoms with van der Waals surface area (Å²) in [5.74, 6) is 0. The van der Waals surface area contributed by atoms with Crippen molar-refractivity contribution in [2.24, 2.45) is 5.41 Å². The van der Waals surface area contributed by atoms with Gasteiger partial charge in [-0.1, -0.05) is 6.92 Å². The highest BCUT2D eigenvalue weighted by Crippen LogP contribution is 2.17. The lowest BCUT2D eigenvalue weighted by atomic mass is 9.90. The van der Waals surface area contributed by atoms with Gasteiger partial charge in [0, 0.05) is 19.1 Å². The molecule has 2 radical (unpaired) electrons. The molecule has 58 valence electrons. The molecule has 0 amide bonds. The zero-order valence-electron chi connectivity index (χ0n) is 6.59. The quantitative estimate of drug-likeness (QED) is 0.427. The predicted molar refractivity (Wildman–Crippen MR) is 39.6 cm³/mol. The number of hydrogen-bond acceptors (Lipinski definition) is 2. The normalized spacial score (nSPS) is 11.5. The third kappa shape index (κ3) is 4.50. The van der Waals surface area contributed by atoms with Crippen molar-refractivity contribution in [2.75, 3.05) is 13.7 Å². The van der Waals surface area contributed by atoms with Crippen LogP contribution in [-0.2, 0) is 9.53 Å². The lowest BCUT2D eigenvalue weighted by Gasteiger charge is -2.14. The van der Waals surface area contributed by atoms with Gasteiger partial charge in [-0.05, 0) is 19.8 Å². The van der Waals surface area contributed by atoms with Gasteiger partial charge in [-0.25, -0.2) is 0 Å². The van der Waals surface area contributed by atoms with Crippen LogP contribution in [0, 0.1) is 12.3 Å². The van der Waals surface area contributed by atoms with E-state index in [1.165, 1.54) is 0 Å². The summed E-state index contributed by atoms with van der Waals surface area (Å²) in [5, 5.41) is 0. The molecule has 0 heterocycles. The molecule has 0 aliphatic rings. The Hall–Kier alpha value is -0.370. The Kier molecular flexibility index (Phi) is 4.28. The average Bonchev–Trinajstić information content (AvgIpc) is 1.89. The van der Waals surface area contributed by atoms with Crippen molar-refractivity contribution in [2.45, 2.75) is 19.8 Å². The van der Waals surface area contributed by atoms with Gasteiger partial charge in [-0.3, -0.25) is 0 Å². The minimum atomic E-state index is -0.668. The number of aldehydes is 1. The third-order valence-electron chi connectivity index (χ3n) is 1.33. The van der Waals surface area contributed by atoms with Crippen molar-refractivity contribution >= 4 is 6.29 Å². The Morgan fingerprint density at radius 1 is 1.70 bits per heavy atom. The molecule has 0 fully saturated rings. The zero-order chi connectivity index (χ0) is 8.04. The number of rotatable bonds is 5. The SMILES string of the molecule is [CH][C@](C)(C=O)CCCOC. The van der Waals surface area contributed by atoms with Gasteiger partial charge >= 0.3 is 0 Å². The van der Waals surface area contributed by atoms with Crippen molar-refractivity contribution in [1.29, 1.82) is 0 Å². The van der Waals surface area contributed by atoms with E-state index in [-0.39, 0.29) is 0 Å². The first kappa shape index (κ1) is 9.63. The van der Waals surface area contributed by atoms with E-state index in [0.29, 0.717) is 13.0 Å². The summed E-state index contributed by atoms with van der Waals surface area (Å²) in [4.78, 5) is 10.3. The van der Waals surface area contributed by atoms with Crippen LogP contribution >= 0.6 is 0 Å². The fourth-order valence-corrected chi connectivity index (χ4v) is 0.656. The topological polar surface area (TPSA) is 26.3 Å². The highest BCUT2D eigenvalue weighted by Gasteiger charge is 2.15. The van der Waals surface area contributed by atoms with Crippen LogP contribution < -0.4 is 0 Å². The van der Waals surface area contributed by atoms with Crippen molar-refractivity contribution in [3.63, 3.8) is 0 Å². The number of hydrogen-bond donors (Lipinski definition) is 0. The van der Waals surface area contributed by atoms with Gasteiger partial charge in [0.2, 0.25) is 0 Å². The second kappa shape index (κ2) is 4.45. The summed E-state index contributed by atoms with van der Waals surface area (Å²) in [6.07, 6.45) is 2.30. The average molecular weight is 142 g/mol. The van der Waals surface area contributed by atoms with Crippen LogP contribution in [0.1, 0.15) is 19.8 Å². The Balaban J connectivity index is 3.37. The highest BCUT2D eigenvalue weighted by atomic mass is 16.5. The summed E-state index contributed by atoms with van der Waals surface area (Å²) in [5.41, 5.74) is -0.668. The van der Waals surface area contributed by atoms with Crippen molar-refractivity contribution in [3.05, 3.63) is 6.92 Å². The van der Waals surface area contributed by atoms with Gasteiger partial charge in [0.1, 0.15) is 6.29 Å². The van der Waals surface area contributed by atoms with Crippen LogP contribution in [0.4, 0.5) is 0 Å². The molecule has 0 saturated carbocycles. The van der Waals surface area contributed by atoms with Gasteiger partial charge in [0.25, 0.3) is 0 Å². The third-order valence-corrected chi connectivity index (χ3v) is 1.33. The highest BCUT2D eigenvalue weighted by molar-refractivity contribution is 5.59. The van der Waals surface area contributed by atoms with Crippen LogP contribution in [0.5, 0.6) is 0 Å². The second-order valence-electron chi connectivity index (χ2n) is 2.72. The molecule has 0 saturated heterocycles. The van der Waals surface area contributed by atoms with Gasteiger partial charge < -0.3 is 9.53 Å². The van der Waals surface area contributed by atoms with E-state index in [1.54, 1.807) is 14.0 Å². The largest absolute Gasteiger partial charge is 0.385 e. The first-order chi connectivity index (χ1) is 4.62. The summed E-state index contributed by atoms with van der Waals surface area (Å²) in [6.45, 7) is 7.92. The molecule has 0 unspecified atom stereocenters. The summed E-state index contributed by atoms with van der Waals surface area (Å²) in [6, 6.07) is 0. The van der Waals surface area contributed by atoms with Gasteiger partial charge in [0.15, 0.2) is 0 Å². The smallest absolute Gasteiger partial charge is 0.126 e. The Morgan fingerprint density at radius 2 is 2.30 bits per heavy atom. The van der Waals surface area contributed by atoms with Gasteiger partial charge in [-0.15, -0.1) is 0 Å². The van der Waals surface area contributed by atoms with Crippen molar-refractivity contribution in [3.8, 4) is 0 Å². The maximum absolute atomic E-state index is 10.3. The Morgan fingerprint density at radius 3 is 2.70 bits per heavy atom. The molecule has 0 spiro atoms. The molecule has 0 aliphatic carbocycles. The molecule has 2 heteroatoms. The number of methoxy groups -OCH3 is 1. The first-order valence-electron chi connectivity index (χ1n) is 3.36. The second-order valence-corrected chi connectivity index (χ2v) is 2.72. The van der Waals surface area contributed by atoms with Crippen LogP contribution in [0.2, 0.25) is 0 Å². The lowest BCUT2D eigenvalue weighted by Crippen LogP contribution is -2.13. The van der Waals surface area contributed by atoms with E-state index in [0.717, 1.165) is 12.7 Å². The molecule has 2 nitrogen and oxygen atoms in total. The molecular weight excluding hydrogens is 128 g/mol. The fraction of sp³-hybridized carbons (Fsp3) is 0.750. The molecule has 0 aliphatic heterocycles. The van der Waals surface area contributed by atoms with Crippen LogP contribution in [0.3, 0.4) is 0 Å². The molecule has 10 heavy (non-hydrogen) atoms. The minimum absolute atomic E-state index is 0.667. The van der Waals surface area contributed by atoms with E-state index in [9.17, 15) is 4.79 Å². The van der Waals surface area contributed by atoms with E-state index in [1.807, 2.05) is 0 Å². The lowest BCUT2D eigenvalue weighted by molar-refractivity contribution is -0.113. The van der Waals surface area contributed by atoms with E-state index in [2.05, 4.69) is 0 Å². The minimum Gasteiger partial charge on any atom is -0.385 e. The molecule has 0 aromatic heterocycles. The molecule has 0 bridgehead atoms. The molecule has 0 aromatic rings. The Labute approximate surface area is 62.6 Å². The molecular formula is C8H14O2. The van der Waals surface area contributed by atoms with Crippen molar-refractivity contribution < 1.29 is 9.53 Å². The van der Waals surface area contributed by atoms with Crippen LogP contribution in [-0.4, -0.2) is 20.0 Å². The number of ether oxygens (including phenoxy) is 1. The Bertz CT molecular complexity index is 97.4. The maximum atomic E-state index is 10.3. The summed E-state index contributed by atoms with van der Waals surface area (Å²) < 4.78 is 4.81. The monoisotopic (exact) mass is 142 g/mol. The number of carbonyl (C=O) groups excluding carboxylic acids is 1. The zero-order valence-corrected chi connectivity index (χ0v) is 6.59. The molecule has 0 aromatic carbocycles. The summed E-state index contributed by atoms with van der Waals surface area (Å²) in [7, 11) is 1.63. The summed E-state index contributed by atoms with van der Waals surface area (Å²) >= 11 is 0. The van der Waals surface area contributed by atoms with Gasteiger partial charge in [-0.2, -0.15) is 0 Å². The van der Waals surface area contributed by atoms with Crippen molar-refractivity contribution in [1.82, 2.24) is 0 Å².